The van der Waals surface area contributed by atoms with Crippen LogP contribution in [0.1, 0.15) is 78.3 Å². The number of rotatable bonds is 4. The lowest BCUT2D eigenvalue weighted by Crippen LogP contribution is -2.34. The Morgan fingerprint density at radius 1 is 1.25 bits per heavy atom. The smallest absolute Gasteiger partial charge is 0.415 e. The Balaban J connectivity index is 1.67. The van der Waals surface area contributed by atoms with Crippen molar-refractivity contribution >= 4 is 34.0 Å². The number of hydrogen-bond donors (Lipinski definition) is 0. The molecule has 5 rings (SSSR count). The number of pyridine rings is 1. The normalized spacial score (nSPS) is 20.9. The third kappa shape index (κ3) is 4.70. The fourth-order valence-electron chi connectivity index (χ4n) is 5.55. The summed E-state index contributed by atoms with van der Waals surface area (Å²) in [6, 6.07) is 2.29. The van der Waals surface area contributed by atoms with Crippen molar-refractivity contribution in [3.63, 3.8) is 0 Å². The summed E-state index contributed by atoms with van der Waals surface area (Å²) in [5, 5.41) is 1.05. The molecule has 3 aromatic heterocycles. The van der Waals surface area contributed by atoms with Gasteiger partial charge in [-0.3, -0.25) is 4.90 Å². The number of ether oxygens (including phenoxy) is 3. The van der Waals surface area contributed by atoms with Gasteiger partial charge in [0.2, 0.25) is 0 Å². The van der Waals surface area contributed by atoms with Crippen molar-refractivity contribution in [3.8, 4) is 0 Å². The van der Waals surface area contributed by atoms with E-state index < -0.39 is 17.5 Å². The first-order chi connectivity index (χ1) is 16.9. The van der Waals surface area contributed by atoms with Gasteiger partial charge in [-0.25, -0.2) is 14.8 Å². The van der Waals surface area contributed by atoms with E-state index in [1.54, 1.807) is 13.4 Å². The number of carbonyl (C=O) groups excluding carboxylic acids is 1. The minimum atomic E-state index is -0.611. The van der Waals surface area contributed by atoms with Crippen LogP contribution < -0.4 is 4.90 Å². The molecule has 0 spiro atoms. The Bertz CT molecular complexity index is 1280. The molecule has 36 heavy (non-hydrogen) atoms. The van der Waals surface area contributed by atoms with Gasteiger partial charge in [-0.15, -0.1) is 0 Å². The van der Waals surface area contributed by atoms with E-state index in [0.29, 0.717) is 30.4 Å². The van der Waals surface area contributed by atoms with Crippen molar-refractivity contribution in [3.05, 3.63) is 18.1 Å². The van der Waals surface area contributed by atoms with Crippen LogP contribution in [0.15, 0.2) is 12.4 Å². The highest BCUT2D eigenvalue weighted by molar-refractivity contribution is 6.09. The maximum Gasteiger partial charge on any atom is 0.415 e. The number of aromatic nitrogens is 4. The minimum Gasteiger partial charge on any atom is -0.443 e. The molecule has 2 fully saturated rings. The van der Waals surface area contributed by atoms with E-state index >= 15 is 0 Å². The second-order valence-corrected chi connectivity index (χ2v) is 11.7. The van der Waals surface area contributed by atoms with Crippen molar-refractivity contribution in [1.82, 2.24) is 19.1 Å². The van der Waals surface area contributed by atoms with E-state index in [2.05, 4.69) is 15.6 Å². The third-order valence-corrected chi connectivity index (χ3v) is 7.18. The Morgan fingerprint density at radius 2 is 1.97 bits per heavy atom. The van der Waals surface area contributed by atoms with Crippen LogP contribution >= 0.6 is 0 Å². The summed E-state index contributed by atoms with van der Waals surface area (Å²) in [4.78, 5) is 24.2. The van der Waals surface area contributed by atoms with Crippen molar-refractivity contribution < 1.29 is 19.0 Å². The summed E-state index contributed by atoms with van der Waals surface area (Å²) in [6.45, 7) is 10.7. The lowest BCUT2D eigenvalue weighted by molar-refractivity contribution is -0.139. The zero-order valence-corrected chi connectivity index (χ0v) is 22.6. The molecule has 0 aromatic carbocycles. The molecule has 1 amide bonds. The molecular weight excluding hydrogens is 458 g/mol. The highest BCUT2D eigenvalue weighted by Gasteiger charge is 2.35. The van der Waals surface area contributed by atoms with Gasteiger partial charge in [0.1, 0.15) is 22.9 Å². The average molecular weight is 498 g/mol. The summed E-state index contributed by atoms with van der Waals surface area (Å²) >= 11 is 0. The second kappa shape index (κ2) is 9.03. The van der Waals surface area contributed by atoms with Crippen LogP contribution in [-0.4, -0.2) is 56.3 Å². The van der Waals surface area contributed by atoms with Crippen LogP contribution in [0.2, 0.25) is 0 Å². The topological polar surface area (TPSA) is 83.6 Å². The third-order valence-electron chi connectivity index (χ3n) is 7.18. The second-order valence-electron chi connectivity index (χ2n) is 11.7. The number of amides is 1. The van der Waals surface area contributed by atoms with Crippen molar-refractivity contribution in [2.75, 3.05) is 18.6 Å². The van der Waals surface area contributed by atoms with E-state index in [9.17, 15) is 4.79 Å². The van der Waals surface area contributed by atoms with E-state index in [4.69, 9.17) is 19.2 Å². The number of nitrogens with zero attached hydrogens (tertiary/aromatic N) is 5. The summed E-state index contributed by atoms with van der Waals surface area (Å²) in [6.07, 6.45) is 7.36. The van der Waals surface area contributed by atoms with Crippen LogP contribution in [0.5, 0.6) is 0 Å². The van der Waals surface area contributed by atoms with Crippen LogP contribution in [0, 0.1) is 0 Å². The molecule has 9 nitrogen and oxygen atoms in total. The van der Waals surface area contributed by atoms with Gasteiger partial charge in [-0.1, -0.05) is 19.3 Å². The van der Waals surface area contributed by atoms with E-state index in [0.717, 1.165) is 16.6 Å². The lowest BCUT2D eigenvalue weighted by Gasteiger charge is -2.25. The monoisotopic (exact) mass is 497 g/mol. The van der Waals surface area contributed by atoms with E-state index in [-0.39, 0.29) is 6.10 Å². The fourth-order valence-corrected chi connectivity index (χ4v) is 5.55. The van der Waals surface area contributed by atoms with Gasteiger partial charge < -0.3 is 23.3 Å². The van der Waals surface area contributed by atoms with Crippen LogP contribution in [0.3, 0.4) is 0 Å². The maximum absolute atomic E-state index is 13.0. The van der Waals surface area contributed by atoms with Gasteiger partial charge in [0, 0.05) is 25.2 Å². The van der Waals surface area contributed by atoms with Crippen molar-refractivity contribution in [2.24, 2.45) is 7.05 Å². The Morgan fingerprint density at radius 3 is 2.61 bits per heavy atom. The molecule has 1 aliphatic heterocycles. The van der Waals surface area contributed by atoms with Gasteiger partial charge in [-0.2, -0.15) is 0 Å². The number of anilines is 1. The highest BCUT2D eigenvalue weighted by atomic mass is 16.7. The summed E-state index contributed by atoms with van der Waals surface area (Å²) in [7, 11) is 3.68. The van der Waals surface area contributed by atoms with Crippen LogP contribution in [0.4, 0.5) is 10.6 Å². The molecule has 0 unspecified atom stereocenters. The predicted octanol–water partition coefficient (Wildman–Crippen LogP) is 5.49. The zero-order chi connectivity index (χ0) is 25.8. The first-order valence-electron chi connectivity index (χ1n) is 13.1. The summed E-state index contributed by atoms with van der Waals surface area (Å²) < 4.78 is 22.1. The maximum atomic E-state index is 13.0. The van der Waals surface area contributed by atoms with E-state index in [1.165, 1.54) is 42.7 Å². The van der Waals surface area contributed by atoms with E-state index in [1.807, 2.05) is 46.2 Å². The molecule has 1 atom stereocenters. The molecule has 3 aromatic rings. The molecule has 0 bridgehead atoms. The number of aryl methyl sites for hydroxylation is 1. The molecule has 1 saturated heterocycles. The predicted molar refractivity (Wildman–Crippen MR) is 139 cm³/mol. The lowest BCUT2D eigenvalue weighted by atomic mass is 9.87. The van der Waals surface area contributed by atoms with Crippen LogP contribution in [0.25, 0.3) is 22.1 Å². The molecule has 9 heteroatoms. The van der Waals surface area contributed by atoms with Crippen molar-refractivity contribution in [2.45, 2.75) is 96.7 Å². The summed E-state index contributed by atoms with van der Waals surface area (Å²) in [5.74, 6) is 0.369. The van der Waals surface area contributed by atoms with Crippen LogP contribution in [-0.2, 0) is 27.8 Å². The fraction of sp³-hybridized carbons (Fsp3) is 0.667. The quantitative estimate of drug-likeness (QED) is 0.474. The SMILES string of the molecule is CN(C(=O)OC(C)(C)C)c1nc2c(cc(C3CCCCC3)n2C[C@H]2COC(C)(C)O2)c2c1ncn2C. The first kappa shape index (κ1) is 25.0. The van der Waals surface area contributed by atoms with Gasteiger partial charge >= 0.3 is 6.09 Å². The Labute approximate surface area is 212 Å². The molecule has 196 valence electrons. The molecule has 2 aliphatic rings. The van der Waals surface area contributed by atoms with Gasteiger partial charge in [-0.05, 0) is 59.4 Å². The first-order valence-corrected chi connectivity index (χ1v) is 13.1. The number of carbonyl (C=O) groups is 1. The number of fused-ring (bicyclic) bond motifs is 3. The molecule has 1 aliphatic carbocycles. The molecule has 4 heterocycles. The van der Waals surface area contributed by atoms with Crippen molar-refractivity contribution in [1.29, 1.82) is 0 Å². The molecule has 1 saturated carbocycles. The van der Waals surface area contributed by atoms with Gasteiger partial charge in [0.15, 0.2) is 11.6 Å². The van der Waals surface area contributed by atoms with Gasteiger partial charge in [0.05, 0.1) is 25.0 Å². The minimum absolute atomic E-state index is 0.0750. The highest BCUT2D eigenvalue weighted by Crippen LogP contribution is 2.39. The molecular formula is C27H39N5O4. The summed E-state index contributed by atoms with van der Waals surface area (Å²) in [5.41, 5.74) is 3.16. The largest absolute Gasteiger partial charge is 0.443 e. The average Bonchev–Trinajstić information content (AvgIpc) is 3.47. The molecule has 0 N–H and O–H groups in total. The number of imidazole rings is 1. The van der Waals surface area contributed by atoms with Gasteiger partial charge in [0.25, 0.3) is 0 Å². The Hall–Kier alpha value is -2.65. The number of hydrogen-bond acceptors (Lipinski definition) is 6. The molecule has 0 radical (unpaired) electrons. The zero-order valence-electron chi connectivity index (χ0n) is 22.6. The Kier molecular flexibility index (Phi) is 6.27. The standard InChI is InChI=1S/C27H39N5O4/c1-26(2,3)36-25(33)31(7)24-21-22(30(6)16-28-21)19-13-20(17-11-9-8-10-12-17)32(23(19)29-24)14-18-15-34-27(4,5)35-18/h13,16-18H,8-12,14-15H2,1-7H3/t18-/m0/s1.